The maximum absolute atomic E-state index is 11.6. The highest BCUT2D eigenvalue weighted by atomic mass is 35.5. The van der Waals surface area contributed by atoms with Gasteiger partial charge in [0.1, 0.15) is 16.9 Å². The summed E-state index contributed by atoms with van der Waals surface area (Å²) in [6.07, 6.45) is 2.56. The Kier molecular flexibility index (Phi) is 4.80. The number of nitrogens with one attached hydrogen (secondary N) is 1. The van der Waals surface area contributed by atoms with Gasteiger partial charge in [0.25, 0.3) is 0 Å². The number of pyridine rings is 1. The highest BCUT2D eigenvalue weighted by molar-refractivity contribution is 6.32. The van der Waals surface area contributed by atoms with E-state index in [1.54, 1.807) is 12.1 Å². The zero-order valence-corrected chi connectivity index (χ0v) is 11.3. The van der Waals surface area contributed by atoms with Crippen molar-refractivity contribution in [1.29, 1.82) is 0 Å². The number of hydrogen-bond acceptors (Lipinski definition) is 4. The third-order valence-corrected chi connectivity index (χ3v) is 3.19. The molecule has 0 aliphatic carbocycles. The number of esters is 1. The molecule has 0 amide bonds. The summed E-state index contributed by atoms with van der Waals surface area (Å²) in [6.45, 7) is 1.15. The molecule has 0 unspecified atom stereocenters. The number of hydrogen-bond donors (Lipinski definition) is 1. The van der Waals surface area contributed by atoms with Gasteiger partial charge in [-0.15, -0.1) is 0 Å². The maximum atomic E-state index is 11.6. The van der Waals surface area contributed by atoms with Gasteiger partial charge in [0.05, 0.1) is 6.42 Å². The summed E-state index contributed by atoms with van der Waals surface area (Å²) < 4.78 is 5.18. The van der Waals surface area contributed by atoms with E-state index in [0.717, 1.165) is 24.9 Å². The molecule has 2 heterocycles. The topological polar surface area (TPSA) is 51.2 Å². The van der Waals surface area contributed by atoms with Gasteiger partial charge in [-0.3, -0.25) is 4.79 Å². The number of aromatic nitrogens is 1. The first kappa shape index (κ1) is 13.6. The molecule has 1 aromatic rings. The lowest BCUT2D eigenvalue weighted by molar-refractivity contribution is -0.145. The van der Waals surface area contributed by atoms with Crippen molar-refractivity contribution in [2.45, 2.75) is 31.9 Å². The zero-order valence-electron chi connectivity index (χ0n) is 9.79. The van der Waals surface area contributed by atoms with Crippen LogP contribution in [0.1, 0.15) is 24.8 Å². The number of halogens is 2. The molecule has 6 heteroatoms. The largest absolute Gasteiger partial charge is 0.461 e. The predicted octanol–water partition coefficient (Wildman–Crippen LogP) is 2.57. The molecule has 1 aliphatic heterocycles. The van der Waals surface area contributed by atoms with E-state index in [9.17, 15) is 4.79 Å². The second-order valence-corrected chi connectivity index (χ2v) is 5.05. The Hall–Kier alpha value is -0.840. The third-order valence-electron chi connectivity index (χ3n) is 2.80. The molecule has 4 nitrogen and oxygen atoms in total. The van der Waals surface area contributed by atoms with Gasteiger partial charge in [-0.2, -0.15) is 0 Å². The summed E-state index contributed by atoms with van der Waals surface area (Å²) in [4.78, 5) is 15.4. The molecule has 0 spiro atoms. The lowest BCUT2D eigenvalue weighted by Gasteiger charge is -2.10. The maximum Gasteiger partial charge on any atom is 0.307 e. The summed E-state index contributed by atoms with van der Waals surface area (Å²) >= 11 is 11.5. The smallest absolute Gasteiger partial charge is 0.307 e. The Bertz CT molecular complexity index is 414. The SMILES string of the molecule is O=C(C[C@@H]1CCCN1)OCc1cc(Cl)nc(Cl)c1. The van der Waals surface area contributed by atoms with E-state index < -0.39 is 0 Å². The average molecular weight is 289 g/mol. The molecule has 0 aromatic carbocycles. The first-order valence-electron chi connectivity index (χ1n) is 5.84. The van der Waals surface area contributed by atoms with Gasteiger partial charge in [-0.05, 0) is 37.1 Å². The lowest BCUT2D eigenvalue weighted by atomic mass is 10.2. The van der Waals surface area contributed by atoms with Gasteiger partial charge in [0.2, 0.25) is 0 Å². The highest BCUT2D eigenvalue weighted by Gasteiger charge is 2.18. The van der Waals surface area contributed by atoms with Crippen LogP contribution in [0.2, 0.25) is 10.3 Å². The van der Waals surface area contributed by atoms with Gasteiger partial charge in [-0.1, -0.05) is 23.2 Å². The summed E-state index contributed by atoms with van der Waals surface area (Å²) in [5.74, 6) is -0.210. The van der Waals surface area contributed by atoms with Crippen molar-refractivity contribution in [2.75, 3.05) is 6.54 Å². The van der Waals surface area contributed by atoms with E-state index in [-0.39, 0.29) is 18.6 Å². The highest BCUT2D eigenvalue weighted by Crippen LogP contribution is 2.16. The minimum atomic E-state index is -0.210. The van der Waals surface area contributed by atoms with Crippen molar-refractivity contribution in [3.8, 4) is 0 Å². The summed E-state index contributed by atoms with van der Waals surface area (Å²) in [6, 6.07) is 3.52. The first-order valence-corrected chi connectivity index (χ1v) is 6.60. The standard InChI is InChI=1S/C12H14Cl2N2O2/c13-10-4-8(5-11(14)16-10)7-18-12(17)6-9-2-1-3-15-9/h4-5,9,15H,1-3,6-7H2/t9-/m0/s1. The molecule has 1 aromatic heterocycles. The lowest BCUT2D eigenvalue weighted by Crippen LogP contribution is -2.25. The molecule has 0 bridgehead atoms. The van der Waals surface area contributed by atoms with Crippen LogP contribution in [0.15, 0.2) is 12.1 Å². The molecule has 98 valence electrons. The van der Waals surface area contributed by atoms with Crippen molar-refractivity contribution in [3.05, 3.63) is 28.0 Å². The number of carbonyl (C=O) groups excluding carboxylic acids is 1. The fourth-order valence-corrected chi connectivity index (χ4v) is 2.46. The molecule has 18 heavy (non-hydrogen) atoms. The van der Waals surface area contributed by atoms with Gasteiger partial charge in [0, 0.05) is 6.04 Å². The minimum absolute atomic E-state index is 0.174. The molecule has 2 rings (SSSR count). The van der Waals surface area contributed by atoms with E-state index >= 15 is 0 Å². The van der Waals surface area contributed by atoms with Crippen molar-refractivity contribution < 1.29 is 9.53 Å². The van der Waals surface area contributed by atoms with Crippen LogP contribution in [-0.2, 0) is 16.1 Å². The van der Waals surface area contributed by atoms with Gasteiger partial charge >= 0.3 is 5.97 Å². The minimum Gasteiger partial charge on any atom is -0.461 e. The van der Waals surface area contributed by atoms with Crippen molar-refractivity contribution >= 4 is 29.2 Å². The number of nitrogens with zero attached hydrogens (tertiary/aromatic N) is 1. The van der Waals surface area contributed by atoms with Crippen LogP contribution in [0.25, 0.3) is 0 Å². The van der Waals surface area contributed by atoms with E-state index in [0.29, 0.717) is 16.7 Å². The normalized spacial score (nSPS) is 18.9. The fourth-order valence-electron chi connectivity index (χ4n) is 1.95. The van der Waals surface area contributed by atoms with Gasteiger partial charge < -0.3 is 10.1 Å². The van der Waals surface area contributed by atoms with Crippen LogP contribution in [0.4, 0.5) is 0 Å². The quantitative estimate of drug-likeness (QED) is 0.683. The second kappa shape index (κ2) is 6.36. The Morgan fingerprint density at radius 1 is 1.44 bits per heavy atom. The van der Waals surface area contributed by atoms with Crippen LogP contribution in [-0.4, -0.2) is 23.5 Å². The van der Waals surface area contributed by atoms with Crippen molar-refractivity contribution in [2.24, 2.45) is 0 Å². The molecular weight excluding hydrogens is 275 g/mol. The Morgan fingerprint density at radius 3 is 2.78 bits per heavy atom. The van der Waals surface area contributed by atoms with Crippen molar-refractivity contribution in [1.82, 2.24) is 10.3 Å². The Labute approximate surface area is 116 Å². The molecule has 0 saturated carbocycles. The van der Waals surface area contributed by atoms with Gasteiger partial charge in [0.15, 0.2) is 0 Å². The molecule has 1 aliphatic rings. The van der Waals surface area contributed by atoms with E-state index in [1.807, 2.05) is 0 Å². The molecule has 0 radical (unpaired) electrons. The first-order chi connectivity index (χ1) is 8.63. The van der Waals surface area contributed by atoms with Crippen LogP contribution in [0, 0.1) is 0 Å². The Balaban J connectivity index is 1.81. The van der Waals surface area contributed by atoms with Gasteiger partial charge in [-0.25, -0.2) is 4.98 Å². The summed E-state index contributed by atoms with van der Waals surface area (Å²) in [5.41, 5.74) is 0.743. The molecule has 1 N–H and O–H groups in total. The summed E-state index contributed by atoms with van der Waals surface area (Å²) in [5, 5.41) is 3.85. The number of carbonyl (C=O) groups is 1. The number of rotatable bonds is 4. The average Bonchev–Trinajstić information content (AvgIpc) is 2.78. The van der Waals surface area contributed by atoms with Crippen LogP contribution in [0.3, 0.4) is 0 Å². The fraction of sp³-hybridized carbons (Fsp3) is 0.500. The predicted molar refractivity (Wildman–Crippen MR) is 69.7 cm³/mol. The second-order valence-electron chi connectivity index (χ2n) is 4.28. The molecule has 1 atom stereocenters. The number of ether oxygens (including phenoxy) is 1. The van der Waals surface area contributed by atoms with Crippen LogP contribution >= 0.6 is 23.2 Å². The van der Waals surface area contributed by atoms with E-state index in [1.165, 1.54) is 0 Å². The summed E-state index contributed by atoms with van der Waals surface area (Å²) in [7, 11) is 0. The molecule has 1 saturated heterocycles. The monoisotopic (exact) mass is 288 g/mol. The van der Waals surface area contributed by atoms with Crippen LogP contribution < -0.4 is 5.32 Å². The van der Waals surface area contributed by atoms with Crippen molar-refractivity contribution in [3.63, 3.8) is 0 Å². The van der Waals surface area contributed by atoms with Crippen LogP contribution in [0.5, 0.6) is 0 Å². The Morgan fingerprint density at radius 2 is 2.17 bits per heavy atom. The van der Waals surface area contributed by atoms with E-state index in [2.05, 4.69) is 10.3 Å². The molecular formula is C12H14Cl2N2O2. The molecule has 1 fully saturated rings. The zero-order chi connectivity index (χ0) is 13.0. The third kappa shape index (κ3) is 4.12. The van der Waals surface area contributed by atoms with E-state index in [4.69, 9.17) is 27.9 Å².